The number of nitriles is 1. The first-order valence-corrected chi connectivity index (χ1v) is 8.49. The molecule has 0 aliphatic carbocycles. The van der Waals surface area contributed by atoms with E-state index in [9.17, 15) is 10.1 Å². The molecule has 1 heterocycles. The van der Waals surface area contributed by atoms with E-state index < -0.39 is 5.97 Å². The van der Waals surface area contributed by atoms with E-state index in [0.29, 0.717) is 27.7 Å². The summed E-state index contributed by atoms with van der Waals surface area (Å²) >= 11 is 5.95. The number of nitrogens with zero attached hydrogens (tertiary/aromatic N) is 1. The van der Waals surface area contributed by atoms with Crippen LogP contribution in [0.15, 0.2) is 54.1 Å². The van der Waals surface area contributed by atoms with Crippen LogP contribution in [0.1, 0.15) is 23.6 Å². The highest BCUT2D eigenvalue weighted by Crippen LogP contribution is 2.39. The molecule has 3 rings (SSSR count). The maximum atomic E-state index is 12.3. The Hall–Kier alpha value is -3.03. The maximum Gasteiger partial charge on any atom is 0.349 e. The van der Waals surface area contributed by atoms with E-state index in [0.717, 1.165) is 11.1 Å². The van der Waals surface area contributed by atoms with Gasteiger partial charge in [-0.2, -0.15) is 5.26 Å². The molecule has 0 N–H and O–H groups in total. The number of aryl methyl sites for hydroxylation is 1. The number of benzene rings is 2. The Balaban J connectivity index is 2.21. The van der Waals surface area contributed by atoms with E-state index in [1.807, 2.05) is 43.3 Å². The Labute approximate surface area is 156 Å². The Kier molecular flexibility index (Phi) is 5.11. The third kappa shape index (κ3) is 3.49. The second-order valence-electron chi connectivity index (χ2n) is 5.74. The van der Waals surface area contributed by atoms with E-state index in [-0.39, 0.29) is 12.2 Å². The van der Waals surface area contributed by atoms with Crippen molar-refractivity contribution in [3.63, 3.8) is 0 Å². The second kappa shape index (κ2) is 7.47. The Morgan fingerprint density at radius 1 is 1.23 bits per heavy atom. The summed E-state index contributed by atoms with van der Waals surface area (Å²) in [6.07, 6.45) is 1.69. The first kappa shape index (κ1) is 17.8. The van der Waals surface area contributed by atoms with E-state index in [1.54, 1.807) is 25.1 Å². The fraction of sp³-hybridized carbons (Fsp3) is 0.143. The van der Waals surface area contributed by atoms with Gasteiger partial charge in [-0.05, 0) is 56.3 Å². The Morgan fingerprint density at radius 2 is 1.96 bits per heavy atom. The lowest BCUT2D eigenvalue weighted by atomic mass is 9.94. The van der Waals surface area contributed by atoms with Gasteiger partial charge in [0.05, 0.1) is 6.61 Å². The first-order chi connectivity index (χ1) is 12.5. The minimum absolute atomic E-state index is 0.0477. The van der Waals surface area contributed by atoms with Crippen molar-refractivity contribution >= 4 is 28.9 Å². The van der Waals surface area contributed by atoms with Crippen LogP contribution in [-0.4, -0.2) is 12.6 Å². The van der Waals surface area contributed by atoms with Crippen LogP contribution in [0, 0.1) is 18.3 Å². The number of halogens is 1. The van der Waals surface area contributed by atoms with Gasteiger partial charge < -0.3 is 9.47 Å². The van der Waals surface area contributed by atoms with Crippen LogP contribution in [0.3, 0.4) is 0 Å². The molecule has 0 saturated heterocycles. The predicted octanol–water partition coefficient (Wildman–Crippen LogP) is 4.92. The summed E-state index contributed by atoms with van der Waals surface area (Å²) in [5, 5.41) is 10.2. The molecule has 0 saturated carbocycles. The molecular formula is C21H16ClNO3. The molecule has 0 bridgehead atoms. The summed E-state index contributed by atoms with van der Waals surface area (Å²) in [5.74, 6) is 0.464. The predicted molar refractivity (Wildman–Crippen MR) is 100 cm³/mol. The van der Waals surface area contributed by atoms with Gasteiger partial charge in [-0.25, -0.2) is 4.79 Å². The lowest BCUT2D eigenvalue weighted by molar-refractivity contribution is -0.137. The van der Waals surface area contributed by atoms with Crippen molar-refractivity contribution in [1.82, 2.24) is 0 Å². The van der Waals surface area contributed by atoms with Crippen molar-refractivity contribution in [3.8, 4) is 11.8 Å². The van der Waals surface area contributed by atoms with Gasteiger partial charge in [0.25, 0.3) is 0 Å². The van der Waals surface area contributed by atoms with E-state index in [2.05, 4.69) is 0 Å². The Morgan fingerprint density at radius 3 is 2.62 bits per heavy atom. The zero-order valence-electron chi connectivity index (χ0n) is 14.4. The fourth-order valence-corrected chi connectivity index (χ4v) is 2.81. The zero-order chi connectivity index (χ0) is 18.7. The van der Waals surface area contributed by atoms with Gasteiger partial charge in [-0.15, -0.1) is 0 Å². The molecule has 2 aromatic carbocycles. The van der Waals surface area contributed by atoms with Gasteiger partial charge >= 0.3 is 5.97 Å². The second-order valence-corrected chi connectivity index (χ2v) is 6.17. The van der Waals surface area contributed by atoms with Gasteiger partial charge in [-0.3, -0.25) is 0 Å². The number of allylic oxidation sites excluding steroid dienone is 2. The van der Waals surface area contributed by atoms with Crippen LogP contribution in [-0.2, 0) is 9.53 Å². The van der Waals surface area contributed by atoms with Crippen LogP contribution < -0.4 is 4.74 Å². The summed E-state index contributed by atoms with van der Waals surface area (Å²) in [4.78, 5) is 12.3. The molecule has 4 nitrogen and oxygen atoms in total. The van der Waals surface area contributed by atoms with Crippen LogP contribution in [0.4, 0.5) is 0 Å². The summed E-state index contributed by atoms with van der Waals surface area (Å²) < 4.78 is 11.0. The average Bonchev–Trinajstić information content (AvgIpc) is 2.63. The van der Waals surface area contributed by atoms with Gasteiger partial charge in [0.1, 0.15) is 23.2 Å². The minimum atomic E-state index is -0.647. The largest absolute Gasteiger partial charge is 0.462 e. The van der Waals surface area contributed by atoms with Gasteiger partial charge in [0, 0.05) is 21.7 Å². The number of rotatable bonds is 3. The summed E-state index contributed by atoms with van der Waals surface area (Å²) in [6, 6.07) is 14.8. The Bertz CT molecular complexity index is 966. The first-order valence-electron chi connectivity index (χ1n) is 8.11. The highest BCUT2D eigenvalue weighted by Gasteiger charge is 2.24. The van der Waals surface area contributed by atoms with Crippen molar-refractivity contribution in [1.29, 1.82) is 5.26 Å². The SMILES string of the molecule is CCOC(=O)/C(C#N)=C1/C=C(c2ccc(Cl)cc2)Oc2ccc(C)cc21. The molecule has 130 valence electrons. The third-order valence-corrected chi connectivity index (χ3v) is 4.16. The van der Waals surface area contributed by atoms with Crippen molar-refractivity contribution in [2.75, 3.05) is 6.61 Å². The van der Waals surface area contributed by atoms with Crippen LogP contribution in [0.2, 0.25) is 5.02 Å². The number of hydrogen-bond acceptors (Lipinski definition) is 4. The molecule has 5 heteroatoms. The van der Waals surface area contributed by atoms with E-state index in [1.165, 1.54) is 0 Å². The molecule has 1 aliphatic rings. The molecule has 0 unspecified atom stereocenters. The molecule has 1 aliphatic heterocycles. The topological polar surface area (TPSA) is 59.3 Å². The molecule has 26 heavy (non-hydrogen) atoms. The van der Waals surface area contributed by atoms with Crippen molar-refractivity contribution < 1.29 is 14.3 Å². The normalized spacial score (nSPS) is 14.5. The number of hydrogen-bond donors (Lipinski definition) is 0. The molecular weight excluding hydrogens is 350 g/mol. The molecule has 0 amide bonds. The van der Waals surface area contributed by atoms with Crippen LogP contribution in [0.25, 0.3) is 11.3 Å². The molecule has 0 radical (unpaired) electrons. The minimum Gasteiger partial charge on any atom is -0.462 e. The third-order valence-electron chi connectivity index (χ3n) is 3.91. The van der Waals surface area contributed by atoms with Crippen molar-refractivity contribution in [2.24, 2.45) is 0 Å². The number of carbonyl (C=O) groups is 1. The number of carbonyl (C=O) groups excluding carboxylic acids is 1. The molecule has 0 spiro atoms. The average molecular weight is 366 g/mol. The number of fused-ring (bicyclic) bond motifs is 1. The van der Waals surface area contributed by atoms with Gasteiger partial charge in [0.2, 0.25) is 0 Å². The smallest absolute Gasteiger partial charge is 0.349 e. The van der Waals surface area contributed by atoms with Gasteiger partial charge in [0.15, 0.2) is 0 Å². The zero-order valence-corrected chi connectivity index (χ0v) is 15.1. The monoisotopic (exact) mass is 365 g/mol. The summed E-state index contributed by atoms with van der Waals surface area (Å²) in [5.41, 5.74) is 2.91. The molecule has 0 atom stereocenters. The number of ether oxygens (including phenoxy) is 2. The highest BCUT2D eigenvalue weighted by molar-refractivity contribution is 6.30. The molecule has 2 aromatic rings. The molecule has 0 fully saturated rings. The van der Waals surface area contributed by atoms with Crippen molar-refractivity contribution in [3.05, 3.63) is 75.8 Å². The quantitative estimate of drug-likeness (QED) is 0.440. The van der Waals surface area contributed by atoms with Crippen LogP contribution >= 0.6 is 11.6 Å². The standard InChI is InChI=1S/C21H16ClNO3/c1-3-25-21(24)18(12-23)16-11-20(14-5-7-15(22)8-6-14)26-19-9-4-13(2)10-17(16)19/h4-11H,3H2,1-2H3/b18-16-. The lowest BCUT2D eigenvalue weighted by Crippen LogP contribution is -2.11. The highest BCUT2D eigenvalue weighted by atomic mass is 35.5. The lowest BCUT2D eigenvalue weighted by Gasteiger charge is -2.21. The van der Waals surface area contributed by atoms with Crippen molar-refractivity contribution in [2.45, 2.75) is 13.8 Å². The van der Waals surface area contributed by atoms with E-state index >= 15 is 0 Å². The van der Waals surface area contributed by atoms with Crippen LogP contribution in [0.5, 0.6) is 5.75 Å². The maximum absolute atomic E-state index is 12.3. The fourth-order valence-electron chi connectivity index (χ4n) is 2.68. The molecule has 0 aromatic heterocycles. The summed E-state index contributed by atoms with van der Waals surface area (Å²) in [6.45, 7) is 3.84. The van der Waals surface area contributed by atoms with E-state index in [4.69, 9.17) is 21.1 Å². The van der Waals surface area contributed by atoms with Gasteiger partial charge in [-0.1, -0.05) is 23.2 Å². The number of esters is 1. The summed E-state index contributed by atoms with van der Waals surface area (Å²) in [7, 11) is 0.